The van der Waals surface area contributed by atoms with E-state index in [1.807, 2.05) is 37.3 Å². The lowest BCUT2D eigenvalue weighted by Gasteiger charge is -2.12. The summed E-state index contributed by atoms with van der Waals surface area (Å²) < 4.78 is 0. The molecule has 0 unspecified atom stereocenters. The first kappa shape index (κ1) is 14.1. The summed E-state index contributed by atoms with van der Waals surface area (Å²) in [7, 11) is 0. The average Bonchev–Trinajstić information content (AvgIpc) is 3.02. The number of nitrogens with one attached hydrogen (secondary N) is 1. The van der Waals surface area contributed by atoms with Crippen LogP contribution in [0.3, 0.4) is 0 Å². The number of carbonyl (C=O) groups excluding carboxylic acids is 1. The van der Waals surface area contributed by atoms with Gasteiger partial charge in [-0.2, -0.15) is 5.10 Å². The fourth-order valence-electron chi connectivity index (χ4n) is 2.93. The first-order chi connectivity index (χ1) is 11.6. The van der Waals surface area contributed by atoms with Crippen LogP contribution in [0.2, 0.25) is 0 Å². The molecule has 2 aromatic carbocycles. The second-order valence-corrected chi connectivity index (χ2v) is 5.65. The SMILES string of the molecule is Cc1ccc2c(N)c(C(N)=O)nnc2c1-c1ccc2cn[nH]c2c1. The Morgan fingerprint density at radius 1 is 1.17 bits per heavy atom. The molecule has 0 fully saturated rings. The summed E-state index contributed by atoms with van der Waals surface area (Å²) in [5.41, 5.74) is 16.1. The van der Waals surface area contributed by atoms with Crippen molar-refractivity contribution in [1.29, 1.82) is 0 Å². The number of aromatic nitrogens is 4. The minimum absolute atomic E-state index is 0.0127. The first-order valence-corrected chi connectivity index (χ1v) is 7.35. The zero-order valence-electron chi connectivity index (χ0n) is 12.9. The summed E-state index contributed by atoms with van der Waals surface area (Å²) in [5, 5.41) is 16.8. The van der Waals surface area contributed by atoms with Crippen LogP contribution in [-0.4, -0.2) is 26.3 Å². The number of nitrogens with zero attached hydrogens (tertiary/aromatic N) is 3. The van der Waals surface area contributed by atoms with Crippen LogP contribution >= 0.6 is 0 Å². The summed E-state index contributed by atoms with van der Waals surface area (Å²) in [6.07, 6.45) is 1.77. The summed E-state index contributed by atoms with van der Waals surface area (Å²) in [6, 6.07) is 9.77. The largest absolute Gasteiger partial charge is 0.396 e. The van der Waals surface area contributed by atoms with E-state index in [1.165, 1.54) is 0 Å². The monoisotopic (exact) mass is 318 g/mol. The van der Waals surface area contributed by atoms with Crippen molar-refractivity contribution in [3.8, 4) is 11.1 Å². The van der Waals surface area contributed by atoms with E-state index in [9.17, 15) is 4.79 Å². The van der Waals surface area contributed by atoms with E-state index in [-0.39, 0.29) is 11.4 Å². The standard InChI is InChI=1S/C17H14N6O/c1-8-2-5-11-14(18)16(17(19)24)23-22-15(11)13(8)9-3-4-10-7-20-21-12(10)6-9/h2-7H,1H3,(H2,18,22)(H2,19,24)(H,20,21). The normalized spacial score (nSPS) is 11.2. The number of nitrogen functional groups attached to an aromatic ring is 1. The van der Waals surface area contributed by atoms with Gasteiger partial charge in [0, 0.05) is 16.3 Å². The Labute approximate surface area is 136 Å². The molecule has 0 aliphatic rings. The number of carbonyl (C=O) groups is 1. The molecule has 4 rings (SSSR count). The third-order valence-electron chi connectivity index (χ3n) is 4.15. The predicted octanol–water partition coefficient (Wildman–Crippen LogP) is 2.16. The number of fused-ring (bicyclic) bond motifs is 2. The van der Waals surface area contributed by atoms with Crippen LogP contribution in [0.4, 0.5) is 5.69 Å². The van der Waals surface area contributed by atoms with E-state index in [4.69, 9.17) is 11.5 Å². The van der Waals surface area contributed by atoms with Gasteiger partial charge in [-0.3, -0.25) is 9.89 Å². The number of rotatable bonds is 2. The first-order valence-electron chi connectivity index (χ1n) is 7.35. The van der Waals surface area contributed by atoms with Gasteiger partial charge in [0.1, 0.15) is 5.52 Å². The number of aryl methyl sites for hydroxylation is 1. The van der Waals surface area contributed by atoms with Gasteiger partial charge in [0.15, 0.2) is 5.69 Å². The molecule has 0 aliphatic carbocycles. The lowest BCUT2D eigenvalue weighted by Crippen LogP contribution is -2.16. The maximum absolute atomic E-state index is 11.4. The molecule has 5 N–H and O–H groups in total. The molecule has 0 saturated carbocycles. The Morgan fingerprint density at radius 3 is 2.79 bits per heavy atom. The zero-order valence-corrected chi connectivity index (χ0v) is 12.9. The highest BCUT2D eigenvalue weighted by molar-refractivity contribution is 6.08. The number of nitrogens with two attached hydrogens (primary N) is 2. The average molecular weight is 318 g/mol. The number of benzene rings is 2. The van der Waals surface area contributed by atoms with E-state index >= 15 is 0 Å². The van der Waals surface area contributed by atoms with Gasteiger partial charge in [-0.15, -0.1) is 10.2 Å². The highest BCUT2D eigenvalue weighted by Gasteiger charge is 2.17. The highest BCUT2D eigenvalue weighted by Crippen LogP contribution is 2.34. The smallest absolute Gasteiger partial charge is 0.271 e. The van der Waals surface area contributed by atoms with Crippen LogP contribution in [0.1, 0.15) is 16.1 Å². The van der Waals surface area contributed by atoms with Crippen molar-refractivity contribution < 1.29 is 4.79 Å². The molecule has 0 bridgehead atoms. The Hall–Kier alpha value is -3.48. The zero-order chi connectivity index (χ0) is 16.8. The van der Waals surface area contributed by atoms with Crippen LogP contribution in [0.5, 0.6) is 0 Å². The molecular weight excluding hydrogens is 304 g/mol. The molecule has 0 spiro atoms. The maximum Gasteiger partial charge on any atom is 0.271 e. The van der Waals surface area contributed by atoms with Crippen LogP contribution in [-0.2, 0) is 0 Å². The molecule has 4 aromatic rings. The van der Waals surface area contributed by atoms with Crippen LogP contribution < -0.4 is 11.5 Å². The van der Waals surface area contributed by atoms with Crippen LogP contribution in [0.15, 0.2) is 36.5 Å². The molecule has 2 heterocycles. The molecule has 7 nitrogen and oxygen atoms in total. The summed E-state index contributed by atoms with van der Waals surface area (Å²) in [5.74, 6) is -0.692. The lowest BCUT2D eigenvalue weighted by atomic mass is 9.96. The van der Waals surface area contributed by atoms with Crippen molar-refractivity contribution in [2.45, 2.75) is 6.92 Å². The predicted molar refractivity (Wildman–Crippen MR) is 92.3 cm³/mol. The van der Waals surface area contributed by atoms with Crippen molar-refractivity contribution in [3.63, 3.8) is 0 Å². The molecule has 7 heteroatoms. The van der Waals surface area contributed by atoms with Crippen molar-refractivity contribution in [3.05, 3.63) is 47.8 Å². The minimum atomic E-state index is -0.692. The van der Waals surface area contributed by atoms with Gasteiger partial charge in [0.2, 0.25) is 0 Å². The Bertz CT molecular complexity index is 1110. The molecular formula is C17H14N6O. The van der Waals surface area contributed by atoms with Gasteiger partial charge in [-0.1, -0.05) is 24.3 Å². The maximum atomic E-state index is 11.4. The van der Waals surface area contributed by atoms with Gasteiger partial charge < -0.3 is 11.5 Å². The van der Waals surface area contributed by atoms with E-state index in [0.29, 0.717) is 10.9 Å². The van der Waals surface area contributed by atoms with Gasteiger partial charge in [-0.25, -0.2) is 0 Å². The van der Waals surface area contributed by atoms with Gasteiger partial charge >= 0.3 is 0 Å². The number of amides is 1. The van der Waals surface area contributed by atoms with Gasteiger partial charge in [0.25, 0.3) is 5.91 Å². The Kier molecular flexibility index (Phi) is 2.96. The van der Waals surface area contributed by atoms with Gasteiger partial charge in [-0.05, 0) is 24.1 Å². The number of hydrogen-bond acceptors (Lipinski definition) is 5. The second kappa shape index (κ2) is 5.02. The number of anilines is 1. The quantitative estimate of drug-likeness (QED) is 0.522. The lowest BCUT2D eigenvalue weighted by molar-refractivity contribution is 0.0996. The summed E-state index contributed by atoms with van der Waals surface area (Å²) >= 11 is 0. The molecule has 118 valence electrons. The van der Waals surface area contributed by atoms with E-state index in [1.54, 1.807) is 6.20 Å². The van der Waals surface area contributed by atoms with Crippen molar-refractivity contribution in [2.24, 2.45) is 5.73 Å². The minimum Gasteiger partial charge on any atom is -0.396 e. The Morgan fingerprint density at radius 2 is 2.00 bits per heavy atom. The molecule has 0 saturated heterocycles. The summed E-state index contributed by atoms with van der Waals surface area (Å²) in [6.45, 7) is 1.99. The molecule has 0 aliphatic heterocycles. The molecule has 2 aromatic heterocycles. The van der Waals surface area contributed by atoms with Crippen LogP contribution in [0, 0.1) is 6.92 Å². The van der Waals surface area contributed by atoms with Gasteiger partial charge in [0.05, 0.1) is 17.4 Å². The second-order valence-electron chi connectivity index (χ2n) is 5.65. The summed E-state index contributed by atoms with van der Waals surface area (Å²) in [4.78, 5) is 11.4. The number of primary amides is 1. The van der Waals surface area contributed by atoms with Crippen molar-refractivity contribution >= 4 is 33.4 Å². The van der Waals surface area contributed by atoms with Crippen LogP contribution in [0.25, 0.3) is 32.9 Å². The number of aromatic amines is 1. The van der Waals surface area contributed by atoms with E-state index < -0.39 is 5.91 Å². The third-order valence-corrected chi connectivity index (χ3v) is 4.15. The van der Waals surface area contributed by atoms with Crippen molar-refractivity contribution in [2.75, 3.05) is 5.73 Å². The molecule has 0 radical (unpaired) electrons. The Balaban J connectivity index is 2.05. The van der Waals surface area contributed by atoms with Crippen molar-refractivity contribution in [1.82, 2.24) is 20.4 Å². The highest BCUT2D eigenvalue weighted by atomic mass is 16.1. The fourth-order valence-corrected chi connectivity index (χ4v) is 2.93. The molecule has 1 amide bonds. The number of H-pyrrole nitrogens is 1. The third kappa shape index (κ3) is 1.98. The fraction of sp³-hybridized carbons (Fsp3) is 0.0588. The number of hydrogen-bond donors (Lipinski definition) is 3. The molecule has 0 atom stereocenters. The van der Waals surface area contributed by atoms with E-state index in [0.717, 1.165) is 27.6 Å². The van der Waals surface area contributed by atoms with E-state index in [2.05, 4.69) is 20.4 Å². The molecule has 24 heavy (non-hydrogen) atoms. The topological polar surface area (TPSA) is 124 Å².